The Labute approximate surface area is 87.4 Å². The van der Waals surface area contributed by atoms with Crippen molar-refractivity contribution in [3.8, 4) is 0 Å². The van der Waals surface area contributed by atoms with E-state index >= 15 is 0 Å². The predicted molar refractivity (Wildman–Crippen MR) is 62.2 cm³/mol. The third-order valence-electron chi connectivity index (χ3n) is 3.23. The third-order valence-corrected chi connectivity index (χ3v) is 3.23. The zero-order chi connectivity index (χ0) is 10.2. The molecule has 0 saturated heterocycles. The van der Waals surface area contributed by atoms with Gasteiger partial charge in [-0.2, -0.15) is 0 Å². The van der Waals surface area contributed by atoms with Crippen LogP contribution in [0.15, 0.2) is 34.9 Å². The SMILES string of the molecule is CC(C)(C)C1=CC(=C2CCCC2)C=C1. The van der Waals surface area contributed by atoms with Crippen molar-refractivity contribution in [2.24, 2.45) is 5.41 Å². The van der Waals surface area contributed by atoms with E-state index in [0.29, 0.717) is 5.41 Å². The molecule has 1 saturated carbocycles. The lowest BCUT2D eigenvalue weighted by Crippen LogP contribution is -2.05. The van der Waals surface area contributed by atoms with Gasteiger partial charge in [-0.05, 0) is 42.2 Å². The van der Waals surface area contributed by atoms with Crippen LogP contribution >= 0.6 is 0 Å². The van der Waals surface area contributed by atoms with Crippen LogP contribution in [0.3, 0.4) is 0 Å². The van der Waals surface area contributed by atoms with E-state index in [1.54, 1.807) is 5.57 Å². The van der Waals surface area contributed by atoms with Gasteiger partial charge in [0.25, 0.3) is 0 Å². The molecule has 0 aliphatic heterocycles. The third kappa shape index (κ3) is 1.84. The Morgan fingerprint density at radius 3 is 2.14 bits per heavy atom. The lowest BCUT2D eigenvalue weighted by molar-refractivity contribution is 0.518. The minimum absolute atomic E-state index is 0.303. The molecule has 0 amide bonds. The summed E-state index contributed by atoms with van der Waals surface area (Å²) in [5.74, 6) is 0. The lowest BCUT2D eigenvalue weighted by atomic mass is 9.87. The largest absolute Gasteiger partial charge is 0.0630 e. The van der Waals surface area contributed by atoms with Crippen LogP contribution in [0.25, 0.3) is 0 Å². The fourth-order valence-electron chi connectivity index (χ4n) is 2.22. The fraction of sp³-hybridized carbons (Fsp3) is 0.571. The lowest BCUT2D eigenvalue weighted by Gasteiger charge is -2.18. The van der Waals surface area contributed by atoms with Crippen LogP contribution in [0.4, 0.5) is 0 Å². The van der Waals surface area contributed by atoms with Gasteiger partial charge in [-0.25, -0.2) is 0 Å². The van der Waals surface area contributed by atoms with E-state index in [4.69, 9.17) is 0 Å². The Kier molecular flexibility index (Phi) is 2.38. The Bertz CT molecular complexity index is 310. The summed E-state index contributed by atoms with van der Waals surface area (Å²) in [7, 11) is 0. The van der Waals surface area contributed by atoms with E-state index < -0.39 is 0 Å². The Hall–Kier alpha value is -0.780. The Morgan fingerprint density at radius 2 is 1.64 bits per heavy atom. The predicted octanol–water partition coefficient (Wildman–Crippen LogP) is 4.40. The van der Waals surface area contributed by atoms with E-state index in [1.165, 1.54) is 36.8 Å². The average molecular weight is 188 g/mol. The van der Waals surface area contributed by atoms with E-state index in [1.807, 2.05) is 0 Å². The first kappa shape index (κ1) is 9.76. The smallest absolute Gasteiger partial charge is 0.0132 e. The van der Waals surface area contributed by atoms with Crippen molar-refractivity contribution >= 4 is 0 Å². The molecular weight excluding hydrogens is 168 g/mol. The van der Waals surface area contributed by atoms with Crippen molar-refractivity contribution < 1.29 is 0 Å². The maximum Gasteiger partial charge on any atom is -0.0132 e. The summed E-state index contributed by atoms with van der Waals surface area (Å²) in [6, 6.07) is 0. The minimum Gasteiger partial charge on any atom is -0.0630 e. The van der Waals surface area contributed by atoms with Gasteiger partial charge >= 0.3 is 0 Å². The van der Waals surface area contributed by atoms with Crippen molar-refractivity contribution in [1.29, 1.82) is 0 Å². The molecule has 2 aliphatic carbocycles. The molecule has 2 rings (SSSR count). The molecule has 0 radical (unpaired) electrons. The first-order chi connectivity index (χ1) is 6.57. The Morgan fingerprint density at radius 1 is 1.00 bits per heavy atom. The second-order valence-corrected chi connectivity index (χ2v) is 5.45. The van der Waals surface area contributed by atoms with E-state index in [0.717, 1.165) is 0 Å². The van der Waals surface area contributed by atoms with Crippen molar-refractivity contribution in [3.63, 3.8) is 0 Å². The van der Waals surface area contributed by atoms with Gasteiger partial charge in [0.2, 0.25) is 0 Å². The number of hydrogen-bond donors (Lipinski definition) is 0. The quantitative estimate of drug-likeness (QED) is 0.528. The molecule has 0 unspecified atom stereocenters. The van der Waals surface area contributed by atoms with Gasteiger partial charge < -0.3 is 0 Å². The summed E-state index contributed by atoms with van der Waals surface area (Å²) >= 11 is 0. The van der Waals surface area contributed by atoms with Gasteiger partial charge in [0, 0.05) is 0 Å². The highest BCUT2D eigenvalue weighted by molar-refractivity contribution is 5.50. The standard InChI is InChI=1S/C14H20/c1-14(2,3)13-9-8-12(10-13)11-6-4-5-7-11/h8-10H,4-7H2,1-3H3. The second-order valence-electron chi connectivity index (χ2n) is 5.45. The van der Waals surface area contributed by atoms with Crippen LogP contribution in [0.2, 0.25) is 0 Å². The topological polar surface area (TPSA) is 0 Å². The molecule has 2 aliphatic rings. The highest BCUT2D eigenvalue weighted by Gasteiger charge is 2.19. The van der Waals surface area contributed by atoms with Gasteiger partial charge in [-0.1, -0.05) is 44.6 Å². The maximum atomic E-state index is 2.39. The zero-order valence-electron chi connectivity index (χ0n) is 9.56. The molecule has 76 valence electrons. The molecule has 0 aromatic rings. The van der Waals surface area contributed by atoms with Crippen LogP contribution in [0.5, 0.6) is 0 Å². The molecule has 0 N–H and O–H groups in total. The minimum atomic E-state index is 0.303. The monoisotopic (exact) mass is 188 g/mol. The summed E-state index contributed by atoms with van der Waals surface area (Å²) < 4.78 is 0. The molecule has 0 aromatic carbocycles. The molecular formula is C14H20. The number of rotatable bonds is 0. The number of hydrogen-bond acceptors (Lipinski definition) is 0. The normalized spacial score (nSPS) is 22.1. The van der Waals surface area contributed by atoms with Gasteiger partial charge in [-0.3, -0.25) is 0 Å². The molecule has 0 heteroatoms. The van der Waals surface area contributed by atoms with Crippen LogP contribution in [-0.2, 0) is 0 Å². The van der Waals surface area contributed by atoms with Crippen LogP contribution in [-0.4, -0.2) is 0 Å². The fourth-order valence-corrected chi connectivity index (χ4v) is 2.22. The second kappa shape index (κ2) is 3.42. The van der Waals surface area contributed by atoms with E-state index in [2.05, 4.69) is 39.0 Å². The summed E-state index contributed by atoms with van der Waals surface area (Å²) in [6.07, 6.45) is 12.4. The molecule has 14 heavy (non-hydrogen) atoms. The summed E-state index contributed by atoms with van der Waals surface area (Å²) in [5, 5.41) is 0. The first-order valence-electron chi connectivity index (χ1n) is 5.70. The van der Waals surface area contributed by atoms with Crippen molar-refractivity contribution in [2.45, 2.75) is 46.5 Å². The van der Waals surface area contributed by atoms with Crippen molar-refractivity contribution in [2.75, 3.05) is 0 Å². The van der Waals surface area contributed by atoms with Crippen molar-refractivity contribution in [3.05, 3.63) is 34.9 Å². The maximum absolute atomic E-state index is 2.39. The van der Waals surface area contributed by atoms with Gasteiger partial charge in [0.05, 0.1) is 0 Å². The molecule has 0 bridgehead atoms. The number of allylic oxidation sites excluding steroid dienone is 6. The van der Waals surface area contributed by atoms with Gasteiger partial charge in [0.15, 0.2) is 0 Å². The molecule has 0 spiro atoms. The zero-order valence-corrected chi connectivity index (χ0v) is 9.56. The molecule has 0 heterocycles. The summed E-state index contributed by atoms with van der Waals surface area (Å²) in [6.45, 7) is 6.85. The van der Waals surface area contributed by atoms with E-state index in [9.17, 15) is 0 Å². The first-order valence-corrected chi connectivity index (χ1v) is 5.70. The molecule has 0 atom stereocenters. The summed E-state index contributed by atoms with van der Waals surface area (Å²) in [5.41, 5.74) is 4.97. The molecule has 0 aromatic heterocycles. The van der Waals surface area contributed by atoms with Crippen LogP contribution < -0.4 is 0 Å². The average Bonchev–Trinajstić information content (AvgIpc) is 2.73. The Balaban J connectivity index is 2.25. The van der Waals surface area contributed by atoms with Crippen LogP contribution in [0, 0.1) is 5.41 Å². The van der Waals surface area contributed by atoms with E-state index in [-0.39, 0.29) is 0 Å². The van der Waals surface area contributed by atoms with Crippen LogP contribution in [0.1, 0.15) is 46.5 Å². The highest BCUT2D eigenvalue weighted by Crippen LogP contribution is 2.36. The summed E-state index contributed by atoms with van der Waals surface area (Å²) in [4.78, 5) is 0. The molecule has 1 fully saturated rings. The molecule has 0 nitrogen and oxygen atoms in total. The highest BCUT2D eigenvalue weighted by atomic mass is 14.2. The van der Waals surface area contributed by atoms with Crippen molar-refractivity contribution in [1.82, 2.24) is 0 Å². The van der Waals surface area contributed by atoms with Gasteiger partial charge in [0.1, 0.15) is 0 Å². The van der Waals surface area contributed by atoms with Gasteiger partial charge in [-0.15, -0.1) is 0 Å².